The Morgan fingerprint density at radius 1 is 1.50 bits per heavy atom. The zero-order valence-corrected chi connectivity index (χ0v) is 10.6. The normalized spacial score (nSPS) is 25.9. The van der Waals surface area contributed by atoms with Crippen molar-refractivity contribution in [1.82, 2.24) is 4.90 Å². The molecule has 1 aliphatic heterocycles. The van der Waals surface area contributed by atoms with Gasteiger partial charge in [0, 0.05) is 12.6 Å². The highest BCUT2D eigenvalue weighted by Crippen LogP contribution is 2.21. The highest BCUT2D eigenvalue weighted by Gasteiger charge is 2.29. The minimum absolute atomic E-state index is 0.181. The maximum absolute atomic E-state index is 11.8. The van der Waals surface area contributed by atoms with Gasteiger partial charge in [0.05, 0.1) is 6.61 Å². The molecule has 1 saturated heterocycles. The fourth-order valence-electron chi connectivity index (χ4n) is 1.95. The molecule has 0 radical (unpaired) electrons. The molecular weight excluding hydrogens is 204 g/mol. The first-order valence-corrected chi connectivity index (χ1v) is 6.18. The number of hydrogen-bond donors (Lipinski definition) is 1. The molecule has 1 amide bonds. The second-order valence-corrected chi connectivity index (χ2v) is 5.15. The maximum atomic E-state index is 11.8. The van der Waals surface area contributed by atoms with Crippen LogP contribution in [0.1, 0.15) is 33.6 Å². The molecule has 0 aliphatic carbocycles. The fourth-order valence-corrected chi connectivity index (χ4v) is 1.95. The number of hydrogen-bond acceptors (Lipinski definition) is 3. The van der Waals surface area contributed by atoms with Crippen LogP contribution in [0.15, 0.2) is 0 Å². The van der Waals surface area contributed by atoms with Gasteiger partial charge in [-0.05, 0) is 38.1 Å². The lowest BCUT2D eigenvalue weighted by atomic mass is 9.94. The topological polar surface area (TPSA) is 55.6 Å². The van der Waals surface area contributed by atoms with Gasteiger partial charge < -0.3 is 15.4 Å². The molecule has 0 bridgehead atoms. The van der Waals surface area contributed by atoms with Crippen molar-refractivity contribution in [2.45, 2.75) is 39.7 Å². The molecule has 0 spiro atoms. The van der Waals surface area contributed by atoms with Crippen molar-refractivity contribution in [2.24, 2.45) is 17.6 Å². The van der Waals surface area contributed by atoms with E-state index >= 15 is 0 Å². The van der Waals surface area contributed by atoms with Crippen LogP contribution in [0.5, 0.6) is 0 Å². The minimum atomic E-state index is -0.181. The summed E-state index contributed by atoms with van der Waals surface area (Å²) in [5.41, 5.74) is 5.65. The van der Waals surface area contributed by atoms with Gasteiger partial charge in [0.1, 0.15) is 0 Å². The molecule has 1 rings (SSSR count). The lowest BCUT2D eigenvalue weighted by molar-refractivity contribution is 0.0578. The summed E-state index contributed by atoms with van der Waals surface area (Å²) in [6.45, 7) is 8.04. The molecule has 94 valence electrons. The molecule has 1 fully saturated rings. The Bertz CT molecular complexity index is 231. The summed E-state index contributed by atoms with van der Waals surface area (Å²) < 4.78 is 5.25. The first-order valence-electron chi connectivity index (χ1n) is 6.18. The predicted molar refractivity (Wildman–Crippen MR) is 64.1 cm³/mol. The van der Waals surface area contributed by atoms with E-state index < -0.39 is 0 Å². The Balaban J connectivity index is 2.45. The molecule has 0 saturated carbocycles. The zero-order chi connectivity index (χ0) is 12.1. The SMILES string of the molecule is CC(C)COC(=O)N1CC(CN)CCC1C. The fraction of sp³-hybridized carbons (Fsp3) is 0.917. The smallest absolute Gasteiger partial charge is 0.410 e. The van der Waals surface area contributed by atoms with Crippen LogP contribution >= 0.6 is 0 Å². The Labute approximate surface area is 98.1 Å². The van der Waals surface area contributed by atoms with Crippen molar-refractivity contribution in [2.75, 3.05) is 19.7 Å². The summed E-state index contributed by atoms with van der Waals surface area (Å²) >= 11 is 0. The van der Waals surface area contributed by atoms with Gasteiger partial charge in [-0.2, -0.15) is 0 Å². The average molecular weight is 228 g/mol. The van der Waals surface area contributed by atoms with Crippen molar-refractivity contribution in [3.63, 3.8) is 0 Å². The Hall–Kier alpha value is -0.770. The third-order valence-electron chi connectivity index (χ3n) is 3.09. The second kappa shape index (κ2) is 6.09. The Morgan fingerprint density at radius 2 is 2.19 bits per heavy atom. The number of ether oxygens (including phenoxy) is 1. The van der Waals surface area contributed by atoms with E-state index in [0.717, 1.165) is 19.4 Å². The molecule has 2 atom stereocenters. The number of amides is 1. The van der Waals surface area contributed by atoms with Crippen molar-refractivity contribution in [3.8, 4) is 0 Å². The highest BCUT2D eigenvalue weighted by atomic mass is 16.6. The van der Waals surface area contributed by atoms with E-state index in [1.165, 1.54) is 0 Å². The van der Waals surface area contributed by atoms with Crippen LogP contribution in [-0.2, 0) is 4.74 Å². The van der Waals surface area contributed by atoms with Crippen LogP contribution in [0.2, 0.25) is 0 Å². The molecule has 1 heterocycles. The van der Waals surface area contributed by atoms with E-state index in [1.807, 2.05) is 18.7 Å². The Kier molecular flexibility index (Phi) is 5.06. The van der Waals surface area contributed by atoms with Gasteiger partial charge in [-0.1, -0.05) is 13.8 Å². The van der Waals surface area contributed by atoms with Crippen molar-refractivity contribution < 1.29 is 9.53 Å². The van der Waals surface area contributed by atoms with E-state index in [-0.39, 0.29) is 12.1 Å². The van der Waals surface area contributed by atoms with E-state index in [1.54, 1.807) is 0 Å². The predicted octanol–water partition coefficient (Wildman–Crippen LogP) is 1.84. The summed E-state index contributed by atoms with van der Waals surface area (Å²) in [5, 5.41) is 0. The number of nitrogens with two attached hydrogens (primary N) is 1. The first kappa shape index (κ1) is 13.3. The molecule has 1 aliphatic rings. The van der Waals surface area contributed by atoms with E-state index in [2.05, 4.69) is 6.92 Å². The van der Waals surface area contributed by atoms with Gasteiger partial charge in [0.2, 0.25) is 0 Å². The molecule has 16 heavy (non-hydrogen) atoms. The molecular formula is C12H24N2O2. The molecule has 0 aromatic carbocycles. The maximum Gasteiger partial charge on any atom is 0.410 e. The number of carbonyl (C=O) groups is 1. The van der Waals surface area contributed by atoms with Crippen molar-refractivity contribution >= 4 is 6.09 Å². The summed E-state index contributed by atoms with van der Waals surface area (Å²) in [4.78, 5) is 13.7. The van der Waals surface area contributed by atoms with Crippen LogP contribution in [0.3, 0.4) is 0 Å². The first-order chi connectivity index (χ1) is 7.54. The van der Waals surface area contributed by atoms with E-state index in [0.29, 0.717) is 25.0 Å². The highest BCUT2D eigenvalue weighted by molar-refractivity contribution is 5.68. The van der Waals surface area contributed by atoms with Crippen LogP contribution in [0.25, 0.3) is 0 Å². The minimum Gasteiger partial charge on any atom is -0.449 e. The molecule has 4 heteroatoms. The molecule has 0 aromatic heterocycles. The lowest BCUT2D eigenvalue weighted by Crippen LogP contribution is -2.47. The standard InChI is InChI=1S/C12H24N2O2/c1-9(2)8-16-12(15)14-7-11(6-13)5-4-10(14)3/h9-11H,4-8,13H2,1-3H3. The van der Waals surface area contributed by atoms with Gasteiger partial charge in [-0.15, -0.1) is 0 Å². The molecule has 0 aromatic rings. The number of nitrogens with zero attached hydrogens (tertiary/aromatic N) is 1. The zero-order valence-electron chi connectivity index (χ0n) is 10.6. The van der Waals surface area contributed by atoms with Crippen LogP contribution < -0.4 is 5.73 Å². The van der Waals surface area contributed by atoms with Gasteiger partial charge >= 0.3 is 6.09 Å². The average Bonchev–Trinajstić information content (AvgIpc) is 2.26. The lowest BCUT2D eigenvalue weighted by Gasteiger charge is -2.36. The van der Waals surface area contributed by atoms with Crippen LogP contribution in [0, 0.1) is 11.8 Å². The molecule has 4 nitrogen and oxygen atoms in total. The second-order valence-electron chi connectivity index (χ2n) is 5.15. The van der Waals surface area contributed by atoms with Crippen molar-refractivity contribution in [1.29, 1.82) is 0 Å². The van der Waals surface area contributed by atoms with Crippen molar-refractivity contribution in [3.05, 3.63) is 0 Å². The number of likely N-dealkylation sites (tertiary alicyclic amines) is 1. The van der Waals surface area contributed by atoms with Gasteiger partial charge in [-0.25, -0.2) is 4.79 Å². The summed E-state index contributed by atoms with van der Waals surface area (Å²) in [6.07, 6.45) is 1.96. The third-order valence-corrected chi connectivity index (χ3v) is 3.09. The summed E-state index contributed by atoms with van der Waals surface area (Å²) in [7, 11) is 0. The van der Waals surface area contributed by atoms with Crippen LogP contribution in [0.4, 0.5) is 4.79 Å². The molecule has 2 unspecified atom stereocenters. The monoisotopic (exact) mass is 228 g/mol. The van der Waals surface area contributed by atoms with Gasteiger partial charge in [0.25, 0.3) is 0 Å². The third kappa shape index (κ3) is 3.67. The van der Waals surface area contributed by atoms with Gasteiger partial charge in [-0.3, -0.25) is 0 Å². The van der Waals surface area contributed by atoms with Crippen LogP contribution in [-0.4, -0.2) is 36.7 Å². The largest absolute Gasteiger partial charge is 0.449 e. The van der Waals surface area contributed by atoms with Gasteiger partial charge in [0.15, 0.2) is 0 Å². The number of piperidine rings is 1. The summed E-state index contributed by atoms with van der Waals surface area (Å²) in [5.74, 6) is 0.817. The van der Waals surface area contributed by atoms with E-state index in [4.69, 9.17) is 10.5 Å². The Morgan fingerprint density at radius 3 is 2.75 bits per heavy atom. The number of carbonyl (C=O) groups excluding carboxylic acids is 1. The molecule has 2 N–H and O–H groups in total. The quantitative estimate of drug-likeness (QED) is 0.802. The van der Waals surface area contributed by atoms with E-state index in [9.17, 15) is 4.79 Å². The summed E-state index contributed by atoms with van der Waals surface area (Å²) in [6, 6.07) is 0.280. The number of rotatable bonds is 3.